The van der Waals surface area contributed by atoms with Crippen molar-refractivity contribution in [3.63, 3.8) is 0 Å². The van der Waals surface area contributed by atoms with Crippen molar-refractivity contribution in [2.45, 2.75) is 23.8 Å². The van der Waals surface area contributed by atoms with E-state index in [-0.39, 0.29) is 35.2 Å². The number of carbonyl (C=O) groups is 1. The first-order chi connectivity index (χ1) is 12.4. The Kier molecular flexibility index (Phi) is 7.41. The van der Waals surface area contributed by atoms with Gasteiger partial charge in [0.05, 0.1) is 10.9 Å². The second kappa shape index (κ2) is 9.35. The quantitative estimate of drug-likeness (QED) is 0.797. The second-order valence-corrected chi connectivity index (χ2v) is 8.74. The highest BCUT2D eigenvalue weighted by Gasteiger charge is 2.25. The fourth-order valence-corrected chi connectivity index (χ4v) is 3.95. The van der Waals surface area contributed by atoms with Gasteiger partial charge >= 0.3 is 0 Å². The number of amides is 1. The predicted molar refractivity (Wildman–Crippen MR) is 109 cm³/mol. The van der Waals surface area contributed by atoms with Crippen LogP contribution in [0.25, 0.3) is 0 Å². The van der Waals surface area contributed by atoms with E-state index in [1.54, 1.807) is 18.2 Å². The zero-order valence-electron chi connectivity index (χ0n) is 15.2. The third-order valence-electron chi connectivity index (χ3n) is 4.75. The summed E-state index contributed by atoms with van der Waals surface area (Å²) in [6, 6.07) is 16.1. The van der Waals surface area contributed by atoms with Crippen LogP contribution in [0.15, 0.2) is 59.5 Å². The van der Waals surface area contributed by atoms with Crippen LogP contribution in [-0.2, 0) is 14.6 Å². The molecule has 3 rings (SSSR count). The molecule has 1 unspecified atom stereocenters. The zero-order valence-corrected chi connectivity index (χ0v) is 16.9. The highest BCUT2D eigenvalue weighted by atomic mass is 35.5. The zero-order chi connectivity index (χ0) is 18.6. The Balaban J connectivity index is 0.00000261. The average Bonchev–Trinajstić information content (AvgIpc) is 2.67. The van der Waals surface area contributed by atoms with Crippen LogP contribution >= 0.6 is 12.4 Å². The van der Waals surface area contributed by atoms with Crippen molar-refractivity contribution in [3.05, 3.63) is 65.7 Å². The van der Waals surface area contributed by atoms with Crippen molar-refractivity contribution in [3.8, 4) is 0 Å². The lowest BCUT2D eigenvalue weighted by Gasteiger charge is -2.26. The molecule has 2 aromatic rings. The molecule has 2 aromatic carbocycles. The summed E-state index contributed by atoms with van der Waals surface area (Å²) in [5, 5.41) is 6.40. The second-order valence-electron chi connectivity index (χ2n) is 6.72. The smallest absolute Gasteiger partial charge is 0.223 e. The van der Waals surface area contributed by atoms with Gasteiger partial charge in [0.2, 0.25) is 5.91 Å². The van der Waals surface area contributed by atoms with Gasteiger partial charge < -0.3 is 10.6 Å². The topological polar surface area (TPSA) is 75.3 Å². The SMILES string of the molecule is CS(=O)(=O)c1cccc(C(NC(=O)C2CCNCC2)c2ccccc2)c1.Cl. The van der Waals surface area contributed by atoms with Gasteiger partial charge in [-0.1, -0.05) is 42.5 Å². The molecule has 1 heterocycles. The number of carbonyl (C=O) groups excluding carboxylic acids is 1. The molecular formula is C20H25ClN2O3S. The normalized spacial score (nSPS) is 16.2. The first-order valence-electron chi connectivity index (χ1n) is 8.81. The number of benzene rings is 2. The third-order valence-corrected chi connectivity index (χ3v) is 5.86. The minimum atomic E-state index is -3.31. The Morgan fingerprint density at radius 2 is 1.67 bits per heavy atom. The number of rotatable bonds is 5. The Morgan fingerprint density at radius 1 is 1.04 bits per heavy atom. The average molecular weight is 409 g/mol. The van der Waals surface area contributed by atoms with E-state index in [1.165, 1.54) is 6.26 Å². The molecule has 5 nitrogen and oxygen atoms in total. The number of hydrogen-bond donors (Lipinski definition) is 2. The number of halogens is 1. The van der Waals surface area contributed by atoms with Gasteiger partial charge in [-0.3, -0.25) is 4.79 Å². The molecule has 1 aliphatic rings. The minimum absolute atomic E-state index is 0. The molecule has 0 aliphatic carbocycles. The first-order valence-corrected chi connectivity index (χ1v) is 10.7. The number of sulfone groups is 1. The van der Waals surface area contributed by atoms with Gasteiger partial charge in [0, 0.05) is 12.2 Å². The summed E-state index contributed by atoms with van der Waals surface area (Å²) in [5.74, 6) is 0.00524. The lowest BCUT2D eigenvalue weighted by Crippen LogP contribution is -2.40. The van der Waals surface area contributed by atoms with Crippen molar-refractivity contribution in [1.82, 2.24) is 10.6 Å². The summed E-state index contributed by atoms with van der Waals surface area (Å²) in [7, 11) is -3.31. The maximum Gasteiger partial charge on any atom is 0.223 e. The molecule has 0 radical (unpaired) electrons. The Hall–Kier alpha value is -1.89. The number of piperidine rings is 1. The van der Waals surface area contributed by atoms with Crippen LogP contribution in [0.4, 0.5) is 0 Å². The van der Waals surface area contributed by atoms with Crippen molar-refractivity contribution in [2.24, 2.45) is 5.92 Å². The van der Waals surface area contributed by atoms with Crippen molar-refractivity contribution >= 4 is 28.2 Å². The maximum atomic E-state index is 12.8. The van der Waals surface area contributed by atoms with Crippen LogP contribution in [0, 0.1) is 5.92 Å². The Bertz CT molecular complexity index is 866. The van der Waals surface area contributed by atoms with Crippen LogP contribution in [0.3, 0.4) is 0 Å². The molecule has 0 bridgehead atoms. The fourth-order valence-electron chi connectivity index (χ4n) is 3.27. The molecule has 0 spiro atoms. The van der Waals surface area contributed by atoms with Gasteiger partial charge in [0.25, 0.3) is 0 Å². The molecule has 0 aromatic heterocycles. The van der Waals surface area contributed by atoms with E-state index in [0.717, 1.165) is 37.1 Å². The van der Waals surface area contributed by atoms with E-state index in [2.05, 4.69) is 10.6 Å². The lowest BCUT2D eigenvalue weighted by molar-refractivity contribution is -0.126. The fraction of sp³-hybridized carbons (Fsp3) is 0.350. The Morgan fingerprint density at radius 3 is 2.30 bits per heavy atom. The third kappa shape index (κ3) is 5.54. The molecular weight excluding hydrogens is 384 g/mol. The van der Waals surface area contributed by atoms with Crippen LogP contribution in [-0.4, -0.2) is 33.7 Å². The van der Waals surface area contributed by atoms with Crippen LogP contribution in [0.1, 0.15) is 30.0 Å². The molecule has 1 aliphatic heterocycles. The van der Waals surface area contributed by atoms with Crippen LogP contribution in [0.2, 0.25) is 0 Å². The van der Waals surface area contributed by atoms with Gasteiger partial charge in [-0.05, 0) is 49.2 Å². The van der Waals surface area contributed by atoms with E-state index in [9.17, 15) is 13.2 Å². The van der Waals surface area contributed by atoms with Crippen LogP contribution < -0.4 is 10.6 Å². The standard InChI is InChI=1S/C20H24N2O3S.ClH/c1-26(24,25)18-9-5-8-17(14-18)19(15-6-3-2-4-7-15)22-20(23)16-10-12-21-13-11-16;/h2-9,14,16,19,21H,10-13H2,1H3,(H,22,23);1H. The molecule has 1 saturated heterocycles. The number of nitrogens with one attached hydrogen (secondary N) is 2. The summed E-state index contributed by atoms with van der Waals surface area (Å²) >= 11 is 0. The number of hydrogen-bond acceptors (Lipinski definition) is 4. The molecule has 1 fully saturated rings. The van der Waals surface area contributed by atoms with Gasteiger partial charge in [0.1, 0.15) is 0 Å². The van der Waals surface area contributed by atoms with E-state index < -0.39 is 9.84 Å². The van der Waals surface area contributed by atoms with Gasteiger partial charge in [-0.2, -0.15) is 0 Å². The Labute approximate surface area is 166 Å². The highest BCUT2D eigenvalue weighted by molar-refractivity contribution is 7.90. The summed E-state index contributed by atoms with van der Waals surface area (Å²) in [6.07, 6.45) is 2.82. The molecule has 27 heavy (non-hydrogen) atoms. The van der Waals surface area contributed by atoms with Gasteiger partial charge in [-0.25, -0.2) is 8.42 Å². The summed E-state index contributed by atoms with van der Waals surface area (Å²) < 4.78 is 23.8. The van der Waals surface area contributed by atoms with Crippen LogP contribution in [0.5, 0.6) is 0 Å². The molecule has 1 amide bonds. The van der Waals surface area contributed by atoms with Crippen molar-refractivity contribution in [2.75, 3.05) is 19.3 Å². The first kappa shape index (κ1) is 21.4. The van der Waals surface area contributed by atoms with E-state index in [0.29, 0.717) is 0 Å². The molecule has 7 heteroatoms. The molecule has 1 atom stereocenters. The molecule has 0 saturated carbocycles. The predicted octanol–water partition coefficient (Wildman–Crippen LogP) is 2.72. The monoisotopic (exact) mass is 408 g/mol. The maximum absolute atomic E-state index is 12.8. The van der Waals surface area contributed by atoms with Gasteiger partial charge in [-0.15, -0.1) is 12.4 Å². The van der Waals surface area contributed by atoms with E-state index in [1.807, 2.05) is 36.4 Å². The molecule has 2 N–H and O–H groups in total. The highest BCUT2D eigenvalue weighted by Crippen LogP contribution is 2.25. The van der Waals surface area contributed by atoms with E-state index >= 15 is 0 Å². The largest absolute Gasteiger partial charge is 0.345 e. The summed E-state index contributed by atoms with van der Waals surface area (Å²) in [4.78, 5) is 13.0. The molecule has 146 valence electrons. The minimum Gasteiger partial charge on any atom is -0.345 e. The van der Waals surface area contributed by atoms with Crippen molar-refractivity contribution < 1.29 is 13.2 Å². The summed E-state index contributed by atoms with van der Waals surface area (Å²) in [6.45, 7) is 1.69. The summed E-state index contributed by atoms with van der Waals surface area (Å²) in [5.41, 5.74) is 1.70. The van der Waals surface area contributed by atoms with E-state index in [4.69, 9.17) is 0 Å². The lowest BCUT2D eigenvalue weighted by atomic mass is 9.94. The van der Waals surface area contributed by atoms with Gasteiger partial charge in [0.15, 0.2) is 9.84 Å². The van der Waals surface area contributed by atoms with Crippen molar-refractivity contribution in [1.29, 1.82) is 0 Å².